The van der Waals surface area contributed by atoms with E-state index in [1.54, 1.807) is 24.9 Å². The summed E-state index contributed by atoms with van der Waals surface area (Å²) < 4.78 is 6.49. The average molecular weight is 282 g/mol. The standard InChI is InChI=1S/C15H14N4O2/c1-3-21-15(20)13-17-14(19(2)18-13)11-6-7-12-10(9-11)5-4-8-16-12/h4-9H,3H2,1-2H3. The Kier molecular flexibility index (Phi) is 3.35. The highest BCUT2D eigenvalue weighted by Crippen LogP contribution is 2.21. The second kappa shape index (κ2) is 5.32. The highest BCUT2D eigenvalue weighted by molar-refractivity contribution is 5.87. The highest BCUT2D eigenvalue weighted by atomic mass is 16.5. The summed E-state index contributed by atoms with van der Waals surface area (Å²) in [6.45, 7) is 2.05. The molecule has 0 atom stereocenters. The van der Waals surface area contributed by atoms with Gasteiger partial charge in [-0.2, -0.15) is 0 Å². The molecule has 0 unspecified atom stereocenters. The van der Waals surface area contributed by atoms with E-state index in [0.29, 0.717) is 12.4 Å². The first-order chi connectivity index (χ1) is 10.2. The first kappa shape index (κ1) is 13.2. The van der Waals surface area contributed by atoms with Gasteiger partial charge in [-0.15, -0.1) is 5.10 Å². The summed E-state index contributed by atoms with van der Waals surface area (Å²) in [5, 5.41) is 5.11. The number of carbonyl (C=O) groups excluding carboxylic acids is 1. The van der Waals surface area contributed by atoms with Crippen LogP contribution in [0.5, 0.6) is 0 Å². The zero-order valence-electron chi connectivity index (χ0n) is 11.8. The minimum Gasteiger partial charge on any atom is -0.460 e. The monoisotopic (exact) mass is 282 g/mol. The van der Waals surface area contributed by atoms with Crippen LogP contribution in [0.1, 0.15) is 17.5 Å². The van der Waals surface area contributed by atoms with Crippen LogP contribution >= 0.6 is 0 Å². The third-order valence-electron chi connectivity index (χ3n) is 3.08. The number of fused-ring (bicyclic) bond motifs is 1. The molecule has 0 radical (unpaired) electrons. The minimum absolute atomic E-state index is 0.0700. The highest BCUT2D eigenvalue weighted by Gasteiger charge is 2.17. The van der Waals surface area contributed by atoms with Gasteiger partial charge in [0.2, 0.25) is 0 Å². The van der Waals surface area contributed by atoms with Crippen molar-refractivity contribution < 1.29 is 9.53 Å². The molecule has 1 aromatic carbocycles. The van der Waals surface area contributed by atoms with Crippen LogP contribution in [0, 0.1) is 0 Å². The molecular formula is C15H14N4O2. The molecule has 0 bridgehead atoms. The van der Waals surface area contributed by atoms with Gasteiger partial charge in [0.05, 0.1) is 12.1 Å². The number of esters is 1. The third kappa shape index (κ3) is 2.47. The number of hydrogen-bond donors (Lipinski definition) is 0. The molecule has 0 aliphatic carbocycles. The van der Waals surface area contributed by atoms with Gasteiger partial charge < -0.3 is 4.74 Å². The SMILES string of the molecule is CCOC(=O)c1nc(-c2ccc3ncccc3c2)n(C)n1. The normalized spacial score (nSPS) is 10.8. The third-order valence-corrected chi connectivity index (χ3v) is 3.08. The molecule has 0 fully saturated rings. The summed E-state index contributed by atoms with van der Waals surface area (Å²) in [4.78, 5) is 20.2. The number of rotatable bonds is 3. The Morgan fingerprint density at radius 1 is 1.33 bits per heavy atom. The summed E-state index contributed by atoms with van der Waals surface area (Å²) in [6.07, 6.45) is 1.75. The zero-order valence-corrected chi connectivity index (χ0v) is 11.8. The molecule has 21 heavy (non-hydrogen) atoms. The number of benzene rings is 1. The van der Waals surface area contributed by atoms with E-state index in [0.717, 1.165) is 16.5 Å². The van der Waals surface area contributed by atoms with E-state index in [1.165, 1.54) is 0 Å². The van der Waals surface area contributed by atoms with Crippen molar-refractivity contribution in [2.45, 2.75) is 6.92 Å². The van der Waals surface area contributed by atoms with E-state index in [2.05, 4.69) is 15.1 Å². The summed E-state index contributed by atoms with van der Waals surface area (Å²) in [5.74, 6) is 0.172. The molecule has 0 saturated heterocycles. The van der Waals surface area contributed by atoms with Crippen molar-refractivity contribution in [3.05, 3.63) is 42.4 Å². The van der Waals surface area contributed by atoms with Gasteiger partial charge >= 0.3 is 5.97 Å². The van der Waals surface area contributed by atoms with Gasteiger partial charge in [0.25, 0.3) is 5.82 Å². The van der Waals surface area contributed by atoms with Crippen LogP contribution in [-0.4, -0.2) is 32.3 Å². The summed E-state index contributed by atoms with van der Waals surface area (Å²) in [5.41, 5.74) is 1.79. The maximum Gasteiger partial charge on any atom is 0.378 e. The lowest BCUT2D eigenvalue weighted by molar-refractivity contribution is 0.0512. The van der Waals surface area contributed by atoms with E-state index >= 15 is 0 Å². The fourth-order valence-corrected chi connectivity index (χ4v) is 2.13. The first-order valence-corrected chi connectivity index (χ1v) is 6.62. The van der Waals surface area contributed by atoms with Gasteiger partial charge in [-0.05, 0) is 31.2 Å². The van der Waals surface area contributed by atoms with Crippen LogP contribution in [0.15, 0.2) is 36.5 Å². The van der Waals surface area contributed by atoms with Crippen LogP contribution in [-0.2, 0) is 11.8 Å². The van der Waals surface area contributed by atoms with E-state index < -0.39 is 5.97 Å². The molecule has 0 N–H and O–H groups in total. The molecular weight excluding hydrogens is 268 g/mol. The molecule has 0 aliphatic heterocycles. The number of aryl methyl sites for hydroxylation is 1. The maximum atomic E-state index is 11.7. The smallest absolute Gasteiger partial charge is 0.378 e. The van der Waals surface area contributed by atoms with Crippen LogP contribution in [0.2, 0.25) is 0 Å². The van der Waals surface area contributed by atoms with Crippen molar-refractivity contribution in [2.24, 2.45) is 7.05 Å². The summed E-state index contributed by atoms with van der Waals surface area (Å²) in [6, 6.07) is 9.67. The maximum absolute atomic E-state index is 11.7. The lowest BCUT2D eigenvalue weighted by atomic mass is 10.1. The molecule has 3 rings (SSSR count). The Bertz CT molecular complexity index is 810. The average Bonchev–Trinajstić information content (AvgIpc) is 2.89. The number of hydrogen-bond acceptors (Lipinski definition) is 5. The largest absolute Gasteiger partial charge is 0.460 e. The summed E-state index contributed by atoms with van der Waals surface area (Å²) >= 11 is 0. The topological polar surface area (TPSA) is 69.9 Å². The second-order valence-corrected chi connectivity index (χ2v) is 4.51. The van der Waals surface area contributed by atoms with Gasteiger partial charge in [0.15, 0.2) is 5.82 Å². The van der Waals surface area contributed by atoms with Crippen molar-refractivity contribution in [2.75, 3.05) is 6.61 Å². The molecule has 0 saturated carbocycles. The molecule has 0 aliphatic rings. The van der Waals surface area contributed by atoms with E-state index in [1.807, 2.05) is 30.3 Å². The minimum atomic E-state index is -0.512. The van der Waals surface area contributed by atoms with Crippen molar-refractivity contribution in [1.82, 2.24) is 19.7 Å². The first-order valence-electron chi connectivity index (χ1n) is 6.62. The van der Waals surface area contributed by atoms with Crippen LogP contribution in [0.3, 0.4) is 0 Å². The second-order valence-electron chi connectivity index (χ2n) is 4.51. The van der Waals surface area contributed by atoms with Crippen LogP contribution < -0.4 is 0 Å². The Hall–Kier alpha value is -2.76. The van der Waals surface area contributed by atoms with Crippen molar-refractivity contribution >= 4 is 16.9 Å². The lowest BCUT2D eigenvalue weighted by Gasteiger charge is -2.02. The van der Waals surface area contributed by atoms with E-state index in [4.69, 9.17) is 4.74 Å². The fourth-order valence-electron chi connectivity index (χ4n) is 2.13. The van der Waals surface area contributed by atoms with Gasteiger partial charge in [0, 0.05) is 24.2 Å². The number of nitrogens with zero attached hydrogens (tertiary/aromatic N) is 4. The molecule has 0 spiro atoms. The molecule has 2 aromatic heterocycles. The number of aromatic nitrogens is 4. The lowest BCUT2D eigenvalue weighted by Crippen LogP contribution is -2.07. The van der Waals surface area contributed by atoms with Crippen LogP contribution in [0.4, 0.5) is 0 Å². The molecule has 3 aromatic rings. The molecule has 6 heteroatoms. The van der Waals surface area contributed by atoms with Gasteiger partial charge in [0.1, 0.15) is 0 Å². The van der Waals surface area contributed by atoms with Crippen molar-refractivity contribution in [3.8, 4) is 11.4 Å². The molecule has 106 valence electrons. The molecule has 6 nitrogen and oxygen atoms in total. The Morgan fingerprint density at radius 2 is 2.19 bits per heavy atom. The summed E-state index contributed by atoms with van der Waals surface area (Å²) in [7, 11) is 1.75. The predicted octanol–water partition coefficient (Wildman–Crippen LogP) is 2.21. The quantitative estimate of drug-likeness (QED) is 0.689. The van der Waals surface area contributed by atoms with Crippen molar-refractivity contribution in [1.29, 1.82) is 0 Å². The zero-order chi connectivity index (χ0) is 14.8. The Morgan fingerprint density at radius 3 is 3.00 bits per heavy atom. The number of ether oxygens (including phenoxy) is 1. The van der Waals surface area contributed by atoms with Crippen molar-refractivity contribution in [3.63, 3.8) is 0 Å². The van der Waals surface area contributed by atoms with E-state index in [9.17, 15) is 4.79 Å². The number of carbonyl (C=O) groups is 1. The molecule has 2 heterocycles. The van der Waals surface area contributed by atoms with Gasteiger partial charge in [-0.1, -0.05) is 6.07 Å². The van der Waals surface area contributed by atoms with E-state index in [-0.39, 0.29) is 5.82 Å². The number of pyridine rings is 1. The molecule has 0 amide bonds. The Balaban J connectivity index is 2.04. The van der Waals surface area contributed by atoms with Crippen LogP contribution in [0.25, 0.3) is 22.3 Å². The fraction of sp³-hybridized carbons (Fsp3) is 0.200. The Labute approximate surface area is 121 Å². The van der Waals surface area contributed by atoms with Gasteiger partial charge in [-0.25, -0.2) is 14.5 Å². The predicted molar refractivity (Wildman–Crippen MR) is 77.7 cm³/mol. The van der Waals surface area contributed by atoms with Gasteiger partial charge in [-0.3, -0.25) is 4.98 Å².